The van der Waals surface area contributed by atoms with Gasteiger partial charge in [-0.3, -0.25) is 9.59 Å². The number of ether oxygens (including phenoxy) is 3. The number of carboxylic acid groups (broad SMARTS) is 1. The van der Waals surface area contributed by atoms with Gasteiger partial charge in [0.2, 0.25) is 11.8 Å². The lowest BCUT2D eigenvalue weighted by Crippen LogP contribution is -2.57. The Bertz CT molecular complexity index is 2170. The van der Waals surface area contributed by atoms with Crippen LogP contribution in [0, 0.1) is 17.3 Å². The number of hydrogen-bond donors (Lipinski definition) is 3. The summed E-state index contributed by atoms with van der Waals surface area (Å²) in [6.45, 7) is 11.3. The summed E-state index contributed by atoms with van der Waals surface area (Å²) in [5.41, 5.74) is 0.580. The SMILES string of the molecule is COc1ccc2c(O[C@@H]3C[C@@H](C(=O)NC4(C(=O)O)C[C@@H]4C4CC4)N(C(=O)[C@@H](Nc4ccc(C(=O)OC(C)(C)C)cc4)C(C)(C)C)C3)cc(-c3ccccc3)nc2c1. The fraction of sp³-hybridized carbons (Fsp3) is 0.444. The van der Waals surface area contributed by atoms with Gasteiger partial charge in [-0.2, -0.15) is 0 Å². The first-order chi connectivity index (χ1) is 27.0. The minimum Gasteiger partial charge on any atom is -0.497 e. The van der Waals surface area contributed by atoms with E-state index >= 15 is 0 Å². The van der Waals surface area contributed by atoms with E-state index in [1.807, 2.05) is 75.4 Å². The lowest BCUT2D eigenvalue weighted by Gasteiger charge is -2.36. The van der Waals surface area contributed by atoms with Gasteiger partial charge in [0.15, 0.2) is 0 Å². The molecule has 57 heavy (non-hydrogen) atoms. The van der Waals surface area contributed by atoms with Gasteiger partial charge in [-0.05, 0) is 93.7 Å². The van der Waals surface area contributed by atoms with Gasteiger partial charge in [0.1, 0.15) is 40.8 Å². The number of esters is 1. The Morgan fingerprint density at radius 2 is 1.63 bits per heavy atom. The van der Waals surface area contributed by atoms with E-state index in [0.717, 1.165) is 23.8 Å². The van der Waals surface area contributed by atoms with Crippen LogP contribution in [-0.2, 0) is 19.1 Å². The number of fused-ring (bicyclic) bond motifs is 1. The van der Waals surface area contributed by atoms with Gasteiger partial charge in [-0.15, -0.1) is 0 Å². The standard InChI is InChI=1S/C45H52N4O8/c1-43(2,3)38(46-29-17-15-28(16-18-29)41(52)57-44(4,5)6)40(51)49-25-31(22-36(49)39(50)48-45(42(53)54)24-33(45)26-13-14-26)56-37-23-34(27-11-9-8-10-12-27)47-35-21-30(55-7)19-20-32(35)37/h8-12,15-21,23,26,31,33,36,38,46H,13-14,22,24-25H2,1-7H3,(H,48,50)(H,53,54)/t31-,33-,36+,38-,45?/m1/s1. The Morgan fingerprint density at radius 3 is 2.25 bits per heavy atom. The van der Waals surface area contributed by atoms with E-state index in [2.05, 4.69) is 10.6 Å². The highest BCUT2D eigenvalue weighted by atomic mass is 16.6. The van der Waals surface area contributed by atoms with Crippen molar-refractivity contribution in [3.05, 3.63) is 84.4 Å². The van der Waals surface area contributed by atoms with Crippen LogP contribution in [-0.4, -0.2) is 81.7 Å². The molecule has 2 saturated carbocycles. The van der Waals surface area contributed by atoms with Crippen molar-refractivity contribution >= 4 is 40.3 Å². The summed E-state index contributed by atoms with van der Waals surface area (Å²) in [5, 5.41) is 17.3. The van der Waals surface area contributed by atoms with Crippen LogP contribution < -0.4 is 20.1 Å². The van der Waals surface area contributed by atoms with Crippen LogP contribution in [0.25, 0.3) is 22.2 Å². The molecule has 1 unspecified atom stereocenters. The van der Waals surface area contributed by atoms with E-state index in [9.17, 15) is 24.3 Å². The van der Waals surface area contributed by atoms with E-state index in [1.54, 1.807) is 52.1 Å². The number of hydrogen-bond acceptors (Lipinski definition) is 9. The molecule has 300 valence electrons. The van der Waals surface area contributed by atoms with Gasteiger partial charge >= 0.3 is 11.9 Å². The number of likely N-dealkylation sites (tertiary alicyclic amines) is 1. The molecule has 2 amide bonds. The maximum absolute atomic E-state index is 14.9. The fourth-order valence-electron chi connectivity index (χ4n) is 7.83. The third kappa shape index (κ3) is 8.55. The van der Waals surface area contributed by atoms with E-state index in [0.29, 0.717) is 40.4 Å². The lowest BCUT2D eigenvalue weighted by molar-refractivity contribution is -0.146. The van der Waals surface area contributed by atoms with E-state index in [4.69, 9.17) is 19.2 Å². The lowest BCUT2D eigenvalue weighted by atomic mass is 9.85. The molecular formula is C45H52N4O8. The molecule has 1 aliphatic heterocycles. The third-order valence-electron chi connectivity index (χ3n) is 11.1. The summed E-state index contributed by atoms with van der Waals surface area (Å²) in [6, 6.07) is 22.1. The summed E-state index contributed by atoms with van der Waals surface area (Å²) in [7, 11) is 1.59. The molecule has 1 saturated heterocycles. The summed E-state index contributed by atoms with van der Waals surface area (Å²) in [4.78, 5) is 61.0. The minimum absolute atomic E-state index is 0.0789. The van der Waals surface area contributed by atoms with Crippen LogP contribution >= 0.6 is 0 Å². The van der Waals surface area contributed by atoms with Crippen molar-refractivity contribution in [1.29, 1.82) is 0 Å². The number of methoxy groups -OCH3 is 1. The molecule has 4 aromatic rings. The predicted octanol–water partition coefficient (Wildman–Crippen LogP) is 7.11. The van der Waals surface area contributed by atoms with Crippen molar-refractivity contribution in [2.24, 2.45) is 17.3 Å². The van der Waals surface area contributed by atoms with Crippen LogP contribution in [0.4, 0.5) is 5.69 Å². The zero-order valence-electron chi connectivity index (χ0n) is 33.6. The fourth-order valence-corrected chi connectivity index (χ4v) is 7.83. The highest BCUT2D eigenvalue weighted by molar-refractivity contribution is 5.96. The molecular weight excluding hydrogens is 725 g/mol. The van der Waals surface area contributed by atoms with Crippen LogP contribution in [0.2, 0.25) is 0 Å². The van der Waals surface area contributed by atoms with Crippen molar-refractivity contribution in [2.45, 2.75) is 96.6 Å². The Morgan fingerprint density at radius 1 is 0.930 bits per heavy atom. The zero-order valence-corrected chi connectivity index (χ0v) is 33.6. The van der Waals surface area contributed by atoms with Gasteiger partial charge in [-0.1, -0.05) is 51.1 Å². The molecule has 2 aliphatic carbocycles. The van der Waals surface area contributed by atoms with Gasteiger partial charge < -0.3 is 34.9 Å². The molecule has 0 bridgehead atoms. The number of pyridine rings is 1. The number of nitrogens with zero attached hydrogens (tertiary/aromatic N) is 2. The van der Waals surface area contributed by atoms with Gasteiger partial charge in [0.25, 0.3) is 0 Å². The molecule has 5 atom stereocenters. The quantitative estimate of drug-likeness (QED) is 0.127. The molecule has 7 rings (SSSR count). The third-order valence-corrected chi connectivity index (χ3v) is 11.1. The topological polar surface area (TPSA) is 156 Å². The predicted molar refractivity (Wildman–Crippen MR) is 216 cm³/mol. The van der Waals surface area contributed by atoms with Gasteiger partial charge in [-0.25, -0.2) is 14.6 Å². The number of carboxylic acids is 1. The largest absolute Gasteiger partial charge is 0.497 e. The maximum Gasteiger partial charge on any atom is 0.338 e. The number of aliphatic carboxylic acids is 1. The highest BCUT2D eigenvalue weighted by Gasteiger charge is 2.66. The number of aromatic nitrogens is 1. The van der Waals surface area contributed by atoms with E-state index < -0.39 is 52.6 Å². The number of rotatable bonds is 12. The van der Waals surface area contributed by atoms with Crippen molar-refractivity contribution < 1.29 is 38.5 Å². The van der Waals surface area contributed by atoms with Crippen LogP contribution in [0.15, 0.2) is 78.9 Å². The number of anilines is 1. The first kappa shape index (κ1) is 39.6. The Kier molecular flexibility index (Phi) is 10.4. The molecule has 1 aromatic heterocycles. The van der Waals surface area contributed by atoms with Crippen molar-refractivity contribution in [1.82, 2.24) is 15.2 Å². The Hall–Kier alpha value is -5.65. The van der Waals surface area contributed by atoms with Crippen molar-refractivity contribution in [2.75, 3.05) is 19.0 Å². The molecule has 3 N–H and O–H groups in total. The molecule has 12 heteroatoms. The number of benzene rings is 3. The van der Waals surface area contributed by atoms with E-state index in [1.165, 1.54) is 4.90 Å². The molecule has 3 fully saturated rings. The highest BCUT2D eigenvalue weighted by Crippen LogP contribution is 2.57. The first-order valence-electron chi connectivity index (χ1n) is 19.6. The first-order valence-corrected chi connectivity index (χ1v) is 19.6. The molecule has 0 spiro atoms. The number of carbonyl (C=O) groups excluding carboxylic acids is 3. The molecule has 3 aromatic carbocycles. The monoisotopic (exact) mass is 776 g/mol. The second-order valence-corrected chi connectivity index (χ2v) is 17.7. The number of carbonyl (C=O) groups is 4. The zero-order chi connectivity index (χ0) is 40.9. The maximum atomic E-state index is 14.9. The average Bonchev–Trinajstić information content (AvgIpc) is 4.09. The average molecular weight is 777 g/mol. The summed E-state index contributed by atoms with van der Waals surface area (Å²) in [6.07, 6.45) is 1.80. The summed E-state index contributed by atoms with van der Waals surface area (Å²) >= 11 is 0. The van der Waals surface area contributed by atoms with Crippen molar-refractivity contribution in [3.8, 4) is 22.8 Å². The second-order valence-electron chi connectivity index (χ2n) is 17.7. The van der Waals surface area contributed by atoms with Crippen LogP contribution in [0.1, 0.15) is 77.6 Å². The Balaban J connectivity index is 1.20. The van der Waals surface area contributed by atoms with Gasteiger partial charge in [0.05, 0.1) is 30.4 Å². The summed E-state index contributed by atoms with van der Waals surface area (Å²) < 4.78 is 17.8. The van der Waals surface area contributed by atoms with Gasteiger partial charge in [0, 0.05) is 35.2 Å². The molecule has 3 aliphatic rings. The molecule has 12 nitrogen and oxygen atoms in total. The molecule has 2 heterocycles. The normalized spacial score (nSPS) is 22.4. The summed E-state index contributed by atoms with van der Waals surface area (Å²) in [5.74, 6) is -1.01. The van der Waals surface area contributed by atoms with Crippen LogP contribution in [0.5, 0.6) is 11.5 Å². The number of amides is 2. The number of nitrogens with one attached hydrogen (secondary N) is 2. The van der Waals surface area contributed by atoms with E-state index in [-0.39, 0.29) is 30.7 Å². The molecule has 0 radical (unpaired) electrons. The second kappa shape index (κ2) is 15.0. The van der Waals surface area contributed by atoms with Crippen LogP contribution in [0.3, 0.4) is 0 Å². The smallest absolute Gasteiger partial charge is 0.338 e. The Labute approximate surface area is 333 Å². The minimum atomic E-state index is -1.34. The van der Waals surface area contributed by atoms with Crippen molar-refractivity contribution in [3.63, 3.8) is 0 Å².